The molecule has 0 aromatic carbocycles. The maximum atomic E-state index is 12.3. The maximum absolute atomic E-state index is 12.3. The maximum Gasteiger partial charge on any atom is 0.226 e. The van der Waals surface area contributed by atoms with Gasteiger partial charge in [0.15, 0.2) is 0 Å². The molecule has 2 unspecified atom stereocenters. The summed E-state index contributed by atoms with van der Waals surface area (Å²) in [7, 11) is 1.64. The van der Waals surface area contributed by atoms with Crippen molar-refractivity contribution in [2.75, 3.05) is 26.8 Å². The van der Waals surface area contributed by atoms with Gasteiger partial charge < -0.3 is 9.64 Å². The molecule has 4 nitrogen and oxygen atoms in total. The highest BCUT2D eigenvalue weighted by Crippen LogP contribution is 2.58. The Morgan fingerprint density at radius 1 is 1.41 bits per heavy atom. The normalized spacial score (nSPS) is 29.5. The number of fused-ring (bicyclic) bond motifs is 1. The van der Waals surface area contributed by atoms with E-state index < -0.39 is 0 Å². The molecule has 2 rings (SSSR count). The predicted molar refractivity (Wildman–Crippen MR) is 63.0 cm³/mol. The summed E-state index contributed by atoms with van der Waals surface area (Å²) < 4.78 is 5.02. The van der Waals surface area contributed by atoms with Gasteiger partial charge >= 0.3 is 0 Å². The molecule has 0 heterocycles. The predicted octanol–water partition coefficient (Wildman–Crippen LogP) is 1.42. The van der Waals surface area contributed by atoms with Gasteiger partial charge in [-0.2, -0.15) is 5.26 Å². The highest BCUT2D eigenvalue weighted by atomic mass is 16.5. The van der Waals surface area contributed by atoms with E-state index in [1.54, 1.807) is 7.11 Å². The number of nitriles is 1. The molecule has 4 heteroatoms. The van der Waals surface area contributed by atoms with Crippen molar-refractivity contribution in [1.82, 2.24) is 4.90 Å². The van der Waals surface area contributed by atoms with E-state index in [0.717, 1.165) is 0 Å². The van der Waals surface area contributed by atoms with Crippen LogP contribution in [0.5, 0.6) is 0 Å². The molecule has 0 radical (unpaired) electrons. The van der Waals surface area contributed by atoms with Crippen LogP contribution in [-0.4, -0.2) is 37.6 Å². The second-order valence-corrected chi connectivity index (χ2v) is 5.01. The molecule has 0 aromatic heterocycles. The summed E-state index contributed by atoms with van der Waals surface area (Å²) in [6.45, 7) is 1.72. The van der Waals surface area contributed by atoms with E-state index in [2.05, 4.69) is 6.07 Å². The van der Waals surface area contributed by atoms with Crippen LogP contribution in [0.1, 0.15) is 25.7 Å². The second-order valence-electron chi connectivity index (χ2n) is 5.01. The van der Waals surface area contributed by atoms with Gasteiger partial charge in [0.2, 0.25) is 5.91 Å². The SMILES string of the molecule is COCCN(CCC#N)C(=O)C1C2CCCC21. The van der Waals surface area contributed by atoms with Gasteiger partial charge in [-0.15, -0.1) is 0 Å². The summed E-state index contributed by atoms with van der Waals surface area (Å²) in [4.78, 5) is 14.1. The van der Waals surface area contributed by atoms with Crippen molar-refractivity contribution in [3.63, 3.8) is 0 Å². The van der Waals surface area contributed by atoms with Gasteiger partial charge in [-0.25, -0.2) is 0 Å². The number of carbonyl (C=O) groups excluding carboxylic acids is 1. The van der Waals surface area contributed by atoms with E-state index in [1.807, 2.05) is 4.90 Å². The van der Waals surface area contributed by atoms with Crippen molar-refractivity contribution in [1.29, 1.82) is 5.26 Å². The molecule has 1 amide bonds. The average Bonchev–Trinajstić information content (AvgIpc) is 2.82. The minimum atomic E-state index is 0.256. The molecule has 94 valence electrons. The molecular formula is C13H20N2O2. The van der Waals surface area contributed by atoms with Gasteiger partial charge in [-0.05, 0) is 24.7 Å². The fourth-order valence-corrected chi connectivity index (χ4v) is 3.12. The number of nitrogens with zero attached hydrogens (tertiary/aromatic N) is 2. The minimum Gasteiger partial charge on any atom is -0.383 e. The highest BCUT2D eigenvalue weighted by Gasteiger charge is 2.57. The smallest absolute Gasteiger partial charge is 0.226 e. The van der Waals surface area contributed by atoms with Crippen LogP contribution in [0.2, 0.25) is 0 Å². The zero-order valence-electron chi connectivity index (χ0n) is 10.4. The third kappa shape index (κ3) is 2.61. The summed E-state index contributed by atoms with van der Waals surface area (Å²) in [5.41, 5.74) is 0. The molecule has 2 fully saturated rings. The molecule has 2 aliphatic rings. The van der Waals surface area contributed by atoms with Crippen LogP contribution in [-0.2, 0) is 9.53 Å². The number of rotatable bonds is 6. The Morgan fingerprint density at radius 2 is 2.12 bits per heavy atom. The van der Waals surface area contributed by atoms with Crippen molar-refractivity contribution < 1.29 is 9.53 Å². The fraction of sp³-hybridized carbons (Fsp3) is 0.846. The highest BCUT2D eigenvalue weighted by molar-refractivity contribution is 5.82. The standard InChI is InChI=1S/C13H20N2O2/c1-17-9-8-15(7-3-6-14)13(16)12-10-4-2-5-11(10)12/h10-12H,2-5,7-9H2,1H3. The third-order valence-corrected chi connectivity index (χ3v) is 4.06. The molecule has 0 saturated heterocycles. The molecule has 0 bridgehead atoms. The number of methoxy groups -OCH3 is 1. The zero-order chi connectivity index (χ0) is 12.3. The van der Waals surface area contributed by atoms with Crippen LogP contribution >= 0.6 is 0 Å². The van der Waals surface area contributed by atoms with E-state index in [1.165, 1.54) is 19.3 Å². The molecular weight excluding hydrogens is 216 g/mol. The third-order valence-electron chi connectivity index (χ3n) is 4.06. The van der Waals surface area contributed by atoms with Gasteiger partial charge in [0, 0.05) is 26.1 Å². The van der Waals surface area contributed by atoms with Crippen LogP contribution in [0, 0.1) is 29.1 Å². The lowest BCUT2D eigenvalue weighted by molar-refractivity contribution is -0.134. The van der Waals surface area contributed by atoms with Crippen molar-refractivity contribution in [3.8, 4) is 6.07 Å². The van der Waals surface area contributed by atoms with Gasteiger partial charge in [-0.3, -0.25) is 4.79 Å². The molecule has 17 heavy (non-hydrogen) atoms. The topological polar surface area (TPSA) is 53.3 Å². The summed E-state index contributed by atoms with van der Waals surface area (Å²) in [5.74, 6) is 1.82. The van der Waals surface area contributed by atoms with E-state index >= 15 is 0 Å². The first-order valence-electron chi connectivity index (χ1n) is 6.44. The number of hydrogen-bond acceptors (Lipinski definition) is 3. The Balaban J connectivity index is 1.86. The monoisotopic (exact) mass is 236 g/mol. The van der Waals surface area contributed by atoms with Crippen molar-refractivity contribution in [2.24, 2.45) is 17.8 Å². The lowest BCUT2D eigenvalue weighted by Crippen LogP contribution is -2.36. The van der Waals surface area contributed by atoms with Crippen LogP contribution in [0.25, 0.3) is 0 Å². The van der Waals surface area contributed by atoms with E-state index in [-0.39, 0.29) is 11.8 Å². The quantitative estimate of drug-likeness (QED) is 0.701. The number of amides is 1. The molecule has 2 aliphatic carbocycles. The van der Waals surface area contributed by atoms with Crippen LogP contribution < -0.4 is 0 Å². The molecule has 2 atom stereocenters. The van der Waals surface area contributed by atoms with E-state index in [0.29, 0.717) is 38.0 Å². The first-order chi connectivity index (χ1) is 8.29. The first kappa shape index (κ1) is 12.4. The Morgan fingerprint density at radius 3 is 2.71 bits per heavy atom. The number of carbonyl (C=O) groups is 1. The van der Waals surface area contributed by atoms with Gasteiger partial charge in [0.25, 0.3) is 0 Å². The summed E-state index contributed by atoms with van der Waals surface area (Å²) >= 11 is 0. The number of hydrogen-bond donors (Lipinski definition) is 0. The minimum absolute atomic E-state index is 0.256. The Bertz CT molecular complexity index is 314. The van der Waals surface area contributed by atoms with Gasteiger partial charge in [0.1, 0.15) is 0 Å². The summed E-state index contributed by atoms with van der Waals surface area (Å²) in [5, 5.41) is 8.62. The molecule has 0 spiro atoms. The van der Waals surface area contributed by atoms with E-state index in [9.17, 15) is 4.79 Å². The second kappa shape index (κ2) is 5.50. The first-order valence-corrected chi connectivity index (χ1v) is 6.44. The Kier molecular flexibility index (Phi) is 4.01. The number of ether oxygens (including phenoxy) is 1. The Hall–Kier alpha value is -1.08. The van der Waals surface area contributed by atoms with Crippen molar-refractivity contribution in [2.45, 2.75) is 25.7 Å². The lowest BCUT2D eigenvalue weighted by Gasteiger charge is -2.22. The van der Waals surface area contributed by atoms with Gasteiger partial charge in [-0.1, -0.05) is 6.42 Å². The molecule has 2 saturated carbocycles. The fourth-order valence-electron chi connectivity index (χ4n) is 3.12. The van der Waals surface area contributed by atoms with Crippen LogP contribution in [0.15, 0.2) is 0 Å². The van der Waals surface area contributed by atoms with Crippen molar-refractivity contribution in [3.05, 3.63) is 0 Å². The van der Waals surface area contributed by atoms with Gasteiger partial charge in [0.05, 0.1) is 19.1 Å². The summed E-state index contributed by atoms with van der Waals surface area (Å²) in [6.07, 6.45) is 4.14. The molecule has 0 N–H and O–H groups in total. The molecule has 0 aliphatic heterocycles. The zero-order valence-corrected chi connectivity index (χ0v) is 10.4. The summed E-state index contributed by atoms with van der Waals surface area (Å²) in [6, 6.07) is 2.10. The molecule has 0 aromatic rings. The lowest BCUT2D eigenvalue weighted by atomic mass is 10.1. The average molecular weight is 236 g/mol. The van der Waals surface area contributed by atoms with Crippen LogP contribution in [0.4, 0.5) is 0 Å². The van der Waals surface area contributed by atoms with Crippen molar-refractivity contribution >= 4 is 5.91 Å². The van der Waals surface area contributed by atoms with Crippen LogP contribution in [0.3, 0.4) is 0 Å². The Labute approximate surface area is 103 Å². The van der Waals surface area contributed by atoms with E-state index in [4.69, 9.17) is 10.00 Å². The largest absolute Gasteiger partial charge is 0.383 e.